The Bertz CT molecular complexity index is 594. The number of nitrogens with one attached hydrogen (secondary N) is 1. The summed E-state index contributed by atoms with van der Waals surface area (Å²) in [6, 6.07) is 4.85. The maximum Gasteiger partial charge on any atom is 0.104 e. The standard InChI is InChI=1S/C15H18N2S/c1-10-13-6-4-8-17(13)15-12(9-16-10)11-5-2-3-7-14(11)18-15/h4,6,8,10,16H,2-3,5,7,9H2,1H3/t10-/m1/s1. The minimum Gasteiger partial charge on any atom is -0.311 e. The zero-order chi connectivity index (χ0) is 12.1. The van der Waals surface area contributed by atoms with Gasteiger partial charge in [0.25, 0.3) is 0 Å². The molecule has 2 nitrogen and oxygen atoms in total. The molecule has 2 aliphatic rings. The molecule has 3 heteroatoms. The summed E-state index contributed by atoms with van der Waals surface area (Å²) < 4.78 is 2.41. The number of aromatic nitrogens is 1. The van der Waals surface area contributed by atoms with Gasteiger partial charge in [0.15, 0.2) is 0 Å². The molecule has 0 aromatic carbocycles. The Morgan fingerprint density at radius 3 is 3.11 bits per heavy atom. The lowest BCUT2D eigenvalue weighted by atomic mass is 9.95. The molecule has 18 heavy (non-hydrogen) atoms. The van der Waals surface area contributed by atoms with Crippen LogP contribution >= 0.6 is 11.3 Å². The van der Waals surface area contributed by atoms with E-state index in [9.17, 15) is 0 Å². The summed E-state index contributed by atoms with van der Waals surface area (Å²) in [6.45, 7) is 3.29. The number of thiophene rings is 1. The molecular formula is C15H18N2S. The van der Waals surface area contributed by atoms with Crippen molar-refractivity contribution < 1.29 is 0 Å². The summed E-state index contributed by atoms with van der Waals surface area (Å²) in [4.78, 5) is 1.64. The van der Waals surface area contributed by atoms with Crippen LogP contribution < -0.4 is 5.32 Å². The van der Waals surface area contributed by atoms with Crippen molar-refractivity contribution in [1.29, 1.82) is 0 Å². The third-order valence-electron chi connectivity index (χ3n) is 4.29. The highest BCUT2D eigenvalue weighted by molar-refractivity contribution is 7.15. The average Bonchev–Trinajstić information content (AvgIpc) is 2.97. The number of rotatable bonds is 0. The van der Waals surface area contributed by atoms with E-state index in [0.29, 0.717) is 6.04 Å². The van der Waals surface area contributed by atoms with Gasteiger partial charge in [0.05, 0.1) is 0 Å². The highest BCUT2D eigenvalue weighted by Crippen LogP contribution is 2.39. The fourth-order valence-corrected chi connectivity index (χ4v) is 4.70. The predicted molar refractivity (Wildman–Crippen MR) is 75.5 cm³/mol. The van der Waals surface area contributed by atoms with Gasteiger partial charge < -0.3 is 9.88 Å². The van der Waals surface area contributed by atoms with Gasteiger partial charge in [-0.1, -0.05) is 0 Å². The van der Waals surface area contributed by atoms with E-state index >= 15 is 0 Å². The molecule has 2 aromatic heterocycles. The molecule has 0 saturated heterocycles. The number of nitrogens with zero attached hydrogens (tertiary/aromatic N) is 1. The molecule has 0 fully saturated rings. The molecule has 3 heterocycles. The number of hydrogen-bond acceptors (Lipinski definition) is 2. The van der Waals surface area contributed by atoms with Crippen LogP contribution in [0.15, 0.2) is 18.3 Å². The van der Waals surface area contributed by atoms with E-state index in [1.165, 1.54) is 36.4 Å². The minimum absolute atomic E-state index is 0.443. The van der Waals surface area contributed by atoms with Crippen molar-refractivity contribution in [2.75, 3.05) is 0 Å². The van der Waals surface area contributed by atoms with E-state index in [1.807, 2.05) is 11.3 Å². The Morgan fingerprint density at radius 2 is 2.17 bits per heavy atom. The second-order valence-electron chi connectivity index (χ2n) is 5.40. The predicted octanol–water partition coefficient (Wildman–Crippen LogP) is 3.58. The first-order chi connectivity index (χ1) is 8.84. The van der Waals surface area contributed by atoms with Crippen LogP contribution in [0.1, 0.15) is 47.5 Å². The van der Waals surface area contributed by atoms with E-state index < -0.39 is 0 Å². The van der Waals surface area contributed by atoms with Crippen molar-refractivity contribution in [2.24, 2.45) is 0 Å². The molecular weight excluding hydrogens is 240 g/mol. The third kappa shape index (κ3) is 1.44. The molecule has 4 rings (SSSR count). The van der Waals surface area contributed by atoms with Crippen molar-refractivity contribution in [3.05, 3.63) is 40.0 Å². The van der Waals surface area contributed by atoms with Gasteiger partial charge in [-0.3, -0.25) is 0 Å². The molecule has 2 aromatic rings. The van der Waals surface area contributed by atoms with Gasteiger partial charge in [-0.05, 0) is 50.3 Å². The largest absolute Gasteiger partial charge is 0.311 e. The van der Waals surface area contributed by atoms with Crippen LogP contribution in [-0.4, -0.2) is 4.57 Å². The monoisotopic (exact) mass is 258 g/mol. The van der Waals surface area contributed by atoms with Crippen molar-refractivity contribution in [3.8, 4) is 5.00 Å². The van der Waals surface area contributed by atoms with Crippen molar-refractivity contribution in [2.45, 2.75) is 45.2 Å². The molecule has 0 spiro atoms. The first-order valence-corrected chi connectivity index (χ1v) is 7.70. The quantitative estimate of drug-likeness (QED) is 0.764. The smallest absolute Gasteiger partial charge is 0.104 e. The Labute approximate surface area is 112 Å². The second kappa shape index (κ2) is 3.97. The van der Waals surface area contributed by atoms with Crippen molar-refractivity contribution >= 4 is 11.3 Å². The second-order valence-corrected chi connectivity index (χ2v) is 6.48. The number of aryl methyl sites for hydroxylation is 1. The summed E-state index contributed by atoms with van der Waals surface area (Å²) in [7, 11) is 0. The van der Waals surface area contributed by atoms with Gasteiger partial charge in [-0.2, -0.15) is 0 Å². The molecule has 0 amide bonds. The third-order valence-corrected chi connectivity index (χ3v) is 5.62. The maximum absolute atomic E-state index is 3.67. The molecule has 1 aliphatic heterocycles. The summed E-state index contributed by atoms with van der Waals surface area (Å²) in [5.41, 5.74) is 4.62. The topological polar surface area (TPSA) is 17.0 Å². The molecule has 1 N–H and O–H groups in total. The highest BCUT2D eigenvalue weighted by atomic mass is 32.1. The Balaban J connectivity index is 1.95. The van der Waals surface area contributed by atoms with E-state index in [1.54, 1.807) is 16.0 Å². The van der Waals surface area contributed by atoms with Crippen LogP contribution in [0, 0.1) is 0 Å². The normalized spacial score (nSPS) is 21.9. The van der Waals surface area contributed by atoms with Gasteiger partial charge in [0.1, 0.15) is 5.00 Å². The first kappa shape index (κ1) is 10.8. The molecule has 0 radical (unpaired) electrons. The zero-order valence-corrected chi connectivity index (χ0v) is 11.5. The van der Waals surface area contributed by atoms with Crippen LogP contribution in [0.25, 0.3) is 5.00 Å². The molecule has 94 valence electrons. The molecule has 1 atom stereocenters. The van der Waals surface area contributed by atoms with Crippen LogP contribution in [0.2, 0.25) is 0 Å². The summed E-state index contributed by atoms with van der Waals surface area (Å²) in [5, 5.41) is 5.14. The lowest BCUT2D eigenvalue weighted by Crippen LogP contribution is -2.17. The Morgan fingerprint density at radius 1 is 1.28 bits per heavy atom. The van der Waals surface area contributed by atoms with E-state index in [0.717, 1.165) is 6.54 Å². The summed E-state index contributed by atoms with van der Waals surface area (Å²) >= 11 is 2.02. The van der Waals surface area contributed by atoms with Crippen molar-refractivity contribution in [3.63, 3.8) is 0 Å². The van der Waals surface area contributed by atoms with Crippen LogP contribution in [0.5, 0.6) is 0 Å². The molecule has 0 saturated carbocycles. The first-order valence-electron chi connectivity index (χ1n) is 6.89. The number of hydrogen-bond donors (Lipinski definition) is 1. The van der Waals surface area contributed by atoms with E-state index in [2.05, 4.69) is 35.1 Å². The van der Waals surface area contributed by atoms with Gasteiger partial charge >= 0.3 is 0 Å². The van der Waals surface area contributed by atoms with Gasteiger partial charge in [0.2, 0.25) is 0 Å². The molecule has 0 bridgehead atoms. The minimum atomic E-state index is 0.443. The Kier molecular flexibility index (Phi) is 2.39. The van der Waals surface area contributed by atoms with Crippen LogP contribution in [-0.2, 0) is 19.4 Å². The van der Waals surface area contributed by atoms with Crippen molar-refractivity contribution in [1.82, 2.24) is 9.88 Å². The lowest BCUT2D eigenvalue weighted by Gasteiger charge is -2.14. The average molecular weight is 258 g/mol. The van der Waals surface area contributed by atoms with Gasteiger partial charge in [-0.25, -0.2) is 0 Å². The summed E-state index contributed by atoms with van der Waals surface area (Å²) in [5.74, 6) is 0. The van der Waals surface area contributed by atoms with Crippen LogP contribution in [0.3, 0.4) is 0 Å². The highest BCUT2D eigenvalue weighted by Gasteiger charge is 2.25. The van der Waals surface area contributed by atoms with Crippen LogP contribution in [0.4, 0.5) is 0 Å². The van der Waals surface area contributed by atoms with E-state index in [-0.39, 0.29) is 0 Å². The maximum atomic E-state index is 3.67. The zero-order valence-electron chi connectivity index (χ0n) is 10.7. The fourth-order valence-electron chi connectivity index (χ4n) is 3.29. The molecule has 0 unspecified atom stereocenters. The summed E-state index contributed by atoms with van der Waals surface area (Å²) in [6.07, 6.45) is 7.53. The number of fused-ring (bicyclic) bond motifs is 5. The Hall–Kier alpha value is -1.06. The van der Waals surface area contributed by atoms with Gasteiger partial charge in [-0.15, -0.1) is 11.3 Å². The molecule has 1 aliphatic carbocycles. The SMILES string of the molecule is C[C@H]1NCc2c(sc3c2CCCC3)-n2cccc21. The fraction of sp³-hybridized carbons (Fsp3) is 0.467. The lowest BCUT2D eigenvalue weighted by molar-refractivity contribution is 0.565. The van der Waals surface area contributed by atoms with E-state index in [4.69, 9.17) is 0 Å². The van der Waals surface area contributed by atoms with Gasteiger partial charge in [0, 0.05) is 34.9 Å².